The summed E-state index contributed by atoms with van der Waals surface area (Å²) >= 11 is 0. The first-order valence-corrected chi connectivity index (χ1v) is 9.37. The third-order valence-electron chi connectivity index (χ3n) is 4.50. The summed E-state index contributed by atoms with van der Waals surface area (Å²) in [6.45, 7) is 6.11. The summed E-state index contributed by atoms with van der Waals surface area (Å²) in [7, 11) is 0. The normalized spacial score (nSPS) is 17.6. The Morgan fingerprint density at radius 1 is 1.42 bits per heavy atom. The van der Waals surface area contributed by atoms with Gasteiger partial charge in [0.1, 0.15) is 5.82 Å². The Balaban J connectivity index is 1.75. The van der Waals surface area contributed by atoms with Crippen molar-refractivity contribution in [2.24, 2.45) is 5.92 Å². The van der Waals surface area contributed by atoms with Crippen LogP contribution in [0.1, 0.15) is 38.7 Å². The van der Waals surface area contributed by atoms with Gasteiger partial charge in [0.15, 0.2) is 0 Å². The van der Waals surface area contributed by atoms with Crippen LogP contribution in [0, 0.1) is 11.7 Å². The molecule has 1 aliphatic heterocycles. The Morgan fingerprint density at radius 2 is 2.23 bits per heavy atom. The van der Waals surface area contributed by atoms with Gasteiger partial charge in [-0.1, -0.05) is 12.1 Å². The van der Waals surface area contributed by atoms with E-state index in [0.717, 1.165) is 12.0 Å². The summed E-state index contributed by atoms with van der Waals surface area (Å²) in [6.07, 6.45) is 2.53. The molecule has 1 aromatic carbocycles. The number of amides is 2. The number of hydrogen-bond acceptors (Lipinski definition) is 3. The fourth-order valence-corrected chi connectivity index (χ4v) is 3.05. The van der Waals surface area contributed by atoms with Crippen molar-refractivity contribution in [1.29, 1.82) is 0 Å². The van der Waals surface area contributed by atoms with Crippen LogP contribution >= 0.6 is 0 Å². The van der Waals surface area contributed by atoms with Gasteiger partial charge in [-0.3, -0.25) is 9.59 Å². The molecule has 0 radical (unpaired) electrons. The quantitative estimate of drug-likeness (QED) is 0.685. The van der Waals surface area contributed by atoms with Gasteiger partial charge in [0.2, 0.25) is 11.8 Å². The molecular formula is C20H29FN2O3. The number of carbonyl (C=O) groups excluding carboxylic acids is 2. The highest BCUT2D eigenvalue weighted by Crippen LogP contribution is 2.18. The van der Waals surface area contributed by atoms with Gasteiger partial charge in [0, 0.05) is 32.7 Å². The first-order chi connectivity index (χ1) is 12.5. The maximum Gasteiger partial charge on any atom is 0.224 e. The molecule has 1 aliphatic rings. The summed E-state index contributed by atoms with van der Waals surface area (Å²) < 4.78 is 18.7. The van der Waals surface area contributed by atoms with E-state index in [2.05, 4.69) is 5.32 Å². The number of carbonyl (C=O) groups is 2. The van der Waals surface area contributed by atoms with Gasteiger partial charge in [0.05, 0.1) is 12.0 Å². The Bertz CT molecular complexity index is 606. The van der Waals surface area contributed by atoms with Crippen molar-refractivity contribution < 1.29 is 18.7 Å². The Hall–Kier alpha value is -1.95. The van der Waals surface area contributed by atoms with E-state index in [1.54, 1.807) is 11.0 Å². The van der Waals surface area contributed by atoms with Gasteiger partial charge in [-0.2, -0.15) is 0 Å². The summed E-state index contributed by atoms with van der Waals surface area (Å²) in [5, 5.41) is 2.94. The Labute approximate surface area is 154 Å². The molecule has 6 heteroatoms. The molecule has 1 atom stereocenters. The molecule has 1 heterocycles. The van der Waals surface area contributed by atoms with Gasteiger partial charge < -0.3 is 15.0 Å². The number of rotatable bonds is 9. The monoisotopic (exact) mass is 364 g/mol. The predicted molar refractivity (Wildman–Crippen MR) is 98.1 cm³/mol. The standard InChI is InChI=1S/C20H29FN2O3/c1-15(2)26-12-4-10-22-20(25)17-7-8-19(24)23(14-17)11-9-16-5-3-6-18(21)13-16/h3,5-6,13,15,17H,4,7-12,14H2,1-2H3,(H,22,25)/t17-/m1/s1. The van der Waals surface area contributed by atoms with Crippen LogP contribution in [0.25, 0.3) is 0 Å². The zero-order valence-electron chi connectivity index (χ0n) is 15.7. The molecule has 0 saturated carbocycles. The zero-order valence-corrected chi connectivity index (χ0v) is 15.7. The fourth-order valence-electron chi connectivity index (χ4n) is 3.05. The van der Waals surface area contributed by atoms with Crippen LogP contribution in [0.5, 0.6) is 0 Å². The summed E-state index contributed by atoms with van der Waals surface area (Å²) in [6, 6.07) is 6.41. The highest BCUT2D eigenvalue weighted by molar-refractivity contribution is 5.83. The summed E-state index contributed by atoms with van der Waals surface area (Å²) in [4.78, 5) is 26.2. The third kappa shape index (κ3) is 6.75. The molecule has 0 aromatic heterocycles. The second-order valence-corrected chi connectivity index (χ2v) is 7.02. The van der Waals surface area contributed by atoms with E-state index in [-0.39, 0.29) is 29.7 Å². The molecule has 1 aromatic rings. The van der Waals surface area contributed by atoms with Crippen LogP contribution in [0.3, 0.4) is 0 Å². The highest BCUT2D eigenvalue weighted by atomic mass is 19.1. The molecule has 5 nitrogen and oxygen atoms in total. The van der Waals surface area contributed by atoms with Gasteiger partial charge >= 0.3 is 0 Å². The molecule has 0 aliphatic carbocycles. The second kappa shape index (κ2) is 10.3. The van der Waals surface area contributed by atoms with Gasteiger partial charge in [-0.25, -0.2) is 4.39 Å². The average Bonchev–Trinajstić information content (AvgIpc) is 2.60. The number of nitrogens with zero attached hydrogens (tertiary/aromatic N) is 1. The van der Waals surface area contributed by atoms with Crippen molar-refractivity contribution in [1.82, 2.24) is 10.2 Å². The van der Waals surface area contributed by atoms with E-state index in [9.17, 15) is 14.0 Å². The van der Waals surface area contributed by atoms with E-state index in [1.165, 1.54) is 12.1 Å². The maximum absolute atomic E-state index is 13.3. The lowest BCUT2D eigenvalue weighted by Gasteiger charge is -2.32. The van der Waals surface area contributed by atoms with E-state index in [1.807, 2.05) is 19.9 Å². The topological polar surface area (TPSA) is 58.6 Å². The minimum atomic E-state index is -0.272. The van der Waals surface area contributed by atoms with Gasteiger partial charge in [0.25, 0.3) is 0 Å². The van der Waals surface area contributed by atoms with Crippen molar-refractivity contribution in [2.75, 3.05) is 26.2 Å². The number of benzene rings is 1. The molecule has 1 fully saturated rings. The SMILES string of the molecule is CC(C)OCCCNC(=O)[C@@H]1CCC(=O)N(CCc2cccc(F)c2)C1. The molecule has 2 rings (SSSR count). The molecule has 144 valence electrons. The van der Waals surface area contributed by atoms with Crippen LogP contribution in [0.4, 0.5) is 4.39 Å². The lowest BCUT2D eigenvalue weighted by molar-refractivity contribution is -0.138. The molecule has 26 heavy (non-hydrogen) atoms. The smallest absolute Gasteiger partial charge is 0.224 e. The molecule has 0 bridgehead atoms. The maximum atomic E-state index is 13.3. The number of piperidine rings is 1. The molecule has 1 N–H and O–H groups in total. The lowest BCUT2D eigenvalue weighted by Crippen LogP contribution is -2.46. The molecule has 0 spiro atoms. The lowest BCUT2D eigenvalue weighted by atomic mass is 9.96. The van der Waals surface area contributed by atoms with E-state index >= 15 is 0 Å². The van der Waals surface area contributed by atoms with Crippen molar-refractivity contribution in [3.63, 3.8) is 0 Å². The van der Waals surface area contributed by atoms with Gasteiger partial charge in [-0.15, -0.1) is 0 Å². The van der Waals surface area contributed by atoms with E-state index in [4.69, 9.17) is 4.74 Å². The van der Waals surface area contributed by atoms with Crippen molar-refractivity contribution in [3.05, 3.63) is 35.6 Å². The fraction of sp³-hybridized carbons (Fsp3) is 0.600. The van der Waals surface area contributed by atoms with Gasteiger partial charge in [-0.05, 0) is 50.8 Å². The average molecular weight is 364 g/mol. The first kappa shape index (κ1) is 20.4. The summed E-state index contributed by atoms with van der Waals surface area (Å²) in [5.41, 5.74) is 0.856. The minimum Gasteiger partial charge on any atom is -0.379 e. The molecule has 0 unspecified atom stereocenters. The van der Waals surface area contributed by atoms with Crippen LogP contribution in [-0.2, 0) is 20.7 Å². The predicted octanol–water partition coefficient (Wildman–Crippen LogP) is 2.54. The highest BCUT2D eigenvalue weighted by Gasteiger charge is 2.29. The Kier molecular flexibility index (Phi) is 8.04. The van der Waals surface area contributed by atoms with Crippen molar-refractivity contribution in [2.45, 2.75) is 45.6 Å². The summed E-state index contributed by atoms with van der Waals surface area (Å²) in [5.74, 6) is -0.383. The van der Waals surface area contributed by atoms with Crippen LogP contribution < -0.4 is 5.32 Å². The molecule has 2 amide bonds. The number of halogens is 1. The van der Waals surface area contributed by atoms with E-state index < -0.39 is 0 Å². The van der Waals surface area contributed by atoms with Crippen LogP contribution in [-0.4, -0.2) is 49.1 Å². The van der Waals surface area contributed by atoms with Crippen molar-refractivity contribution >= 4 is 11.8 Å². The number of ether oxygens (including phenoxy) is 1. The van der Waals surface area contributed by atoms with E-state index in [0.29, 0.717) is 45.5 Å². The largest absolute Gasteiger partial charge is 0.379 e. The molecular weight excluding hydrogens is 335 g/mol. The number of likely N-dealkylation sites (tertiary alicyclic amines) is 1. The minimum absolute atomic E-state index is 0.00203. The third-order valence-corrected chi connectivity index (χ3v) is 4.50. The number of nitrogens with one attached hydrogen (secondary N) is 1. The van der Waals surface area contributed by atoms with Crippen LogP contribution in [0.2, 0.25) is 0 Å². The zero-order chi connectivity index (χ0) is 18.9. The number of hydrogen-bond donors (Lipinski definition) is 1. The first-order valence-electron chi connectivity index (χ1n) is 9.37. The van der Waals surface area contributed by atoms with Crippen LogP contribution in [0.15, 0.2) is 24.3 Å². The molecule has 1 saturated heterocycles. The van der Waals surface area contributed by atoms with Crippen molar-refractivity contribution in [3.8, 4) is 0 Å². The Morgan fingerprint density at radius 3 is 2.96 bits per heavy atom. The second-order valence-electron chi connectivity index (χ2n) is 7.02.